The summed E-state index contributed by atoms with van der Waals surface area (Å²) in [7, 11) is 0. The number of rotatable bonds is 6. The van der Waals surface area contributed by atoms with E-state index in [-0.39, 0.29) is 11.3 Å². The third-order valence-electron chi connectivity index (χ3n) is 5.03. The maximum atomic E-state index is 12.8. The van der Waals surface area contributed by atoms with Crippen LogP contribution in [-0.2, 0) is 9.59 Å². The number of nitrogens with zero attached hydrogens (tertiary/aromatic N) is 2. The Labute approximate surface area is 188 Å². The van der Waals surface area contributed by atoms with Crippen molar-refractivity contribution in [3.8, 4) is 5.69 Å². The normalized spacial score (nSPS) is 14.5. The van der Waals surface area contributed by atoms with E-state index in [1.807, 2.05) is 19.1 Å². The van der Waals surface area contributed by atoms with Crippen molar-refractivity contribution < 1.29 is 24.3 Å². The molecular formula is C24H19N4O5-. The third-order valence-corrected chi connectivity index (χ3v) is 5.03. The summed E-state index contributed by atoms with van der Waals surface area (Å²) in [5.74, 6) is -2.46. The maximum Gasteiger partial charge on any atom is 0.329 e. The molecule has 1 fully saturated rings. The minimum atomic E-state index is -1.30. The largest absolute Gasteiger partial charge is 0.545 e. The lowest BCUT2D eigenvalue weighted by molar-refractivity contribution is -0.255. The topological polar surface area (TPSA) is 124 Å². The molecule has 33 heavy (non-hydrogen) atoms. The van der Waals surface area contributed by atoms with Crippen LogP contribution in [0.15, 0.2) is 72.6 Å². The lowest BCUT2D eigenvalue weighted by Gasteiger charge is -2.12. The molecule has 1 aromatic heterocycles. The van der Waals surface area contributed by atoms with Crippen molar-refractivity contribution in [1.29, 1.82) is 0 Å². The van der Waals surface area contributed by atoms with Crippen molar-refractivity contribution in [3.63, 3.8) is 0 Å². The number of nitrogens with one attached hydrogen (secondary N) is 2. The second-order valence-electron chi connectivity index (χ2n) is 7.43. The predicted molar refractivity (Wildman–Crippen MR) is 118 cm³/mol. The molecule has 0 bridgehead atoms. The van der Waals surface area contributed by atoms with Gasteiger partial charge in [-0.1, -0.05) is 29.8 Å². The molecule has 3 aromatic rings. The zero-order chi connectivity index (χ0) is 23.5. The molecule has 1 saturated heterocycles. The van der Waals surface area contributed by atoms with E-state index in [1.165, 1.54) is 18.2 Å². The van der Waals surface area contributed by atoms with E-state index >= 15 is 0 Å². The molecular weight excluding hydrogens is 424 g/mol. The Hall–Kier alpha value is -4.66. The summed E-state index contributed by atoms with van der Waals surface area (Å²) < 4.78 is 1.66. The first-order chi connectivity index (χ1) is 15.8. The quantitative estimate of drug-likeness (QED) is 0.443. The zero-order valence-electron chi connectivity index (χ0n) is 17.6. The Balaban J connectivity index is 1.51. The Morgan fingerprint density at radius 1 is 1.06 bits per heavy atom. The van der Waals surface area contributed by atoms with Crippen molar-refractivity contribution in [2.24, 2.45) is 0 Å². The first-order valence-electron chi connectivity index (χ1n) is 10.0. The fourth-order valence-corrected chi connectivity index (χ4v) is 3.37. The minimum absolute atomic E-state index is 0.000795. The van der Waals surface area contributed by atoms with Gasteiger partial charge >= 0.3 is 6.03 Å². The summed E-state index contributed by atoms with van der Waals surface area (Å²) in [6.45, 7) is 1.48. The van der Waals surface area contributed by atoms with Gasteiger partial charge in [0.15, 0.2) is 0 Å². The Morgan fingerprint density at radius 2 is 1.82 bits per heavy atom. The molecule has 0 radical (unpaired) electrons. The highest BCUT2D eigenvalue weighted by Gasteiger charge is 2.35. The summed E-state index contributed by atoms with van der Waals surface area (Å²) in [5, 5.41) is 16.3. The number of carboxylic acids is 1. The highest BCUT2D eigenvalue weighted by Crippen LogP contribution is 2.19. The van der Waals surface area contributed by atoms with Gasteiger partial charge in [0.05, 0.1) is 5.97 Å². The van der Waals surface area contributed by atoms with Gasteiger partial charge in [-0.3, -0.25) is 9.59 Å². The number of hydrogen-bond acceptors (Lipinski definition) is 5. The number of benzene rings is 2. The van der Waals surface area contributed by atoms with Crippen LogP contribution in [0.3, 0.4) is 0 Å². The van der Waals surface area contributed by atoms with Crippen molar-refractivity contribution in [2.75, 3.05) is 11.9 Å². The summed E-state index contributed by atoms with van der Waals surface area (Å²) in [6, 6.07) is 16.0. The van der Waals surface area contributed by atoms with Gasteiger partial charge in [-0.25, -0.2) is 9.69 Å². The summed E-state index contributed by atoms with van der Waals surface area (Å²) in [6.07, 6.45) is 3.15. The molecule has 0 aliphatic carbocycles. The average molecular weight is 443 g/mol. The number of aryl methyl sites for hydroxylation is 1. The van der Waals surface area contributed by atoms with E-state index in [9.17, 15) is 24.3 Å². The van der Waals surface area contributed by atoms with Crippen LogP contribution in [0.25, 0.3) is 11.8 Å². The summed E-state index contributed by atoms with van der Waals surface area (Å²) >= 11 is 0. The highest BCUT2D eigenvalue weighted by molar-refractivity contribution is 6.15. The van der Waals surface area contributed by atoms with Crippen LogP contribution in [0.1, 0.15) is 21.6 Å². The van der Waals surface area contributed by atoms with Gasteiger partial charge in [-0.05, 0) is 55.0 Å². The number of urea groups is 1. The number of imide groups is 1. The molecule has 0 unspecified atom stereocenters. The van der Waals surface area contributed by atoms with Crippen LogP contribution < -0.4 is 15.7 Å². The number of aromatic nitrogens is 1. The first kappa shape index (κ1) is 21.6. The lowest BCUT2D eigenvalue weighted by atomic mass is 10.2. The van der Waals surface area contributed by atoms with Crippen LogP contribution in [0.5, 0.6) is 0 Å². The molecule has 2 N–H and O–H groups in total. The van der Waals surface area contributed by atoms with E-state index in [1.54, 1.807) is 47.2 Å². The van der Waals surface area contributed by atoms with Crippen LogP contribution in [0.4, 0.5) is 10.5 Å². The van der Waals surface area contributed by atoms with Gasteiger partial charge in [-0.15, -0.1) is 0 Å². The van der Waals surface area contributed by atoms with Gasteiger partial charge in [-0.2, -0.15) is 0 Å². The van der Waals surface area contributed by atoms with E-state index in [2.05, 4.69) is 10.6 Å². The third kappa shape index (κ3) is 4.67. The van der Waals surface area contributed by atoms with Gasteiger partial charge in [0.2, 0.25) is 5.91 Å². The molecule has 9 nitrogen and oxygen atoms in total. The fraction of sp³-hybridized carbons (Fsp3) is 0.0833. The number of carboxylic acid groups (broad SMARTS) is 1. The number of amides is 4. The second-order valence-corrected chi connectivity index (χ2v) is 7.43. The van der Waals surface area contributed by atoms with Crippen molar-refractivity contribution in [3.05, 3.63) is 89.4 Å². The van der Waals surface area contributed by atoms with E-state index < -0.39 is 30.4 Å². The highest BCUT2D eigenvalue weighted by atomic mass is 16.4. The molecule has 0 spiro atoms. The fourth-order valence-electron chi connectivity index (χ4n) is 3.37. The van der Waals surface area contributed by atoms with Crippen molar-refractivity contribution in [2.45, 2.75) is 6.92 Å². The van der Waals surface area contributed by atoms with Crippen LogP contribution in [0, 0.1) is 6.92 Å². The maximum absolute atomic E-state index is 12.8. The number of aromatic carboxylic acids is 1. The Morgan fingerprint density at radius 3 is 2.55 bits per heavy atom. The smallest absolute Gasteiger partial charge is 0.329 e. The standard InChI is InChI=1S/C24H20N4O5/c1-15-7-9-17(10-8-15)25-21(29)14-28-22(30)20(26-24(28)33)13-19-6-3-11-27(19)18-5-2-4-16(12-18)23(31)32/h2-13H,14H2,1H3,(H,25,29)(H,26,33)(H,31,32)/p-1/b20-13-. The monoisotopic (exact) mass is 443 g/mol. The van der Waals surface area contributed by atoms with Crippen LogP contribution >= 0.6 is 0 Å². The predicted octanol–water partition coefficient (Wildman–Crippen LogP) is 1.68. The molecule has 4 amide bonds. The summed E-state index contributed by atoms with van der Waals surface area (Å²) in [4.78, 5) is 49.4. The van der Waals surface area contributed by atoms with Gasteiger partial charge in [0.1, 0.15) is 12.2 Å². The zero-order valence-corrected chi connectivity index (χ0v) is 17.6. The van der Waals surface area contributed by atoms with E-state index in [4.69, 9.17) is 0 Å². The van der Waals surface area contributed by atoms with Crippen LogP contribution in [-0.4, -0.2) is 39.8 Å². The molecule has 1 aliphatic heterocycles. The number of carbonyl (C=O) groups is 4. The lowest BCUT2D eigenvalue weighted by Crippen LogP contribution is -2.38. The van der Waals surface area contributed by atoms with E-state index in [0.717, 1.165) is 10.5 Å². The molecule has 166 valence electrons. The van der Waals surface area contributed by atoms with E-state index in [0.29, 0.717) is 17.1 Å². The van der Waals surface area contributed by atoms with Crippen molar-refractivity contribution >= 4 is 35.6 Å². The van der Waals surface area contributed by atoms with Crippen molar-refractivity contribution in [1.82, 2.24) is 14.8 Å². The second kappa shape index (κ2) is 8.83. The molecule has 9 heteroatoms. The number of anilines is 1. The van der Waals surface area contributed by atoms with Gasteiger partial charge < -0.3 is 25.1 Å². The Bertz CT molecular complexity index is 1290. The molecule has 1 aliphatic rings. The Kier molecular flexibility index (Phi) is 5.77. The van der Waals surface area contributed by atoms with Gasteiger partial charge in [0.25, 0.3) is 5.91 Å². The SMILES string of the molecule is Cc1ccc(NC(=O)CN2C(=O)N/C(=C\c3cccn3-c3cccc(C(=O)[O-])c3)C2=O)cc1. The number of carbonyl (C=O) groups excluding carboxylic acids is 4. The molecule has 2 aromatic carbocycles. The molecule has 0 saturated carbocycles. The summed E-state index contributed by atoms with van der Waals surface area (Å²) in [5.41, 5.74) is 2.67. The molecule has 4 rings (SSSR count). The molecule has 2 heterocycles. The number of hydrogen-bond donors (Lipinski definition) is 2. The molecule has 0 atom stereocenters. The minimum Gasteiger partial charge on any atom is -0.545 e. The first-order valence-corrected chi connectivity index (χ1v) is 10.0. The van der Waals surface area contributed by atoms with Gasteiger partial charge in [0, 0.05) is 23.3 Å². The average Bonchev–Trinajstić information content (AvgIpc) is 3.35. The van der Waals surface area contributed by atoms with Crippen LogP contribution in [0.2, 0.25) is 0 Å².